The normalized spacial score (nSPS) is 11.5. The lowest BCUT2D eigenvalue weighted by atomic mass is 10.2. The Kier molecular flexibility index (Phi) is 5.99. The van der Waals surface area contributed by atoms with Gasteiger partial charge in [0, 0.05) is 25.7 Å². The first-order chi connectivity index (χ1) is 11.3. The Morgan fingerprint density at radius 1 is 1.00 bits per heavy atom. The number of amides is 1. The van der Waals surface area contributed by atoms with Gasteiger partial charge in [-0.25, -0.2) is 8.42 Å². The molecule has 128 valence electrons. The summed E-state index contributed by atoms with van der Waals surface area (Å²) >= 11 is 5.78. The van der Waals surface area contributed by atoms with Gasteiger partial charge < -0.3 is 4.90 Å². The second-order valence-electron chi connectivity index (χ2n) is 5.45. The minimum Gasteiger partial charge on any atom is -0.340 e. The highest BCUT2D eigenvalue weighted by Crippen LogP contribution is 2.17. The molecule has 0 N–H and O–H groups in total. The van der Waals surface area contributed by atoms with Crippen LogP contribution in [0.5, 0.6) is 0 Å². The molecular formula is C17H19ClN2O3S. The van der Waals surface area contributed by atoms with Crippen LogP contribution in [-0.4, -0.2) is 44.2 Å². The summed E-state index contributed by atoms with van der Waals surface area (Å²) in [7, 11) is -0.692. The average molecular weight is 367 g/mol. The van der Waals surface area contributed by atoms with E-state index in [1.807, 2.05) is 30.3 Å². The van der Waals surface area contributed by atoms with Crippen molar-refractivity contribution in [2.24, 2.45) is 0 Å². The third-order valence-corrected chi connectivity index (χ3v) is 5.64. The van der Waals surface area contributed by atoms with Gasteiger partial charge in [-0.15, -0.1) is 0 Å². The van der Waals surface area contributed by atoms with E-state index >= 15 is 0 Å². The third-order valence-electron chi connectivity index (χ3n) is 3.57. The van der Waals surface area contributed by atoms with E-state index in [0.29, 0.717) is 11.6 Å². The summed E-state index contributed by atoms with van der Waals surface area (Å²) in [5.41, 5.74) is 0.983. The van der Waals surface area contributed by atoms with Crippen LogP contribution in [-0.2, 0) is 21.4 Å². The lowest BCUT2D eigenvalue weighted by Crippen LogP contribution is -2.39. The standard InChI is InChI=1S/C17H19ClN2O3S/c1-19(12-14-6-4-3-5-7-14)17(21)13-20(2)24(22,23)16-10-8-15(18)9-11-16/h3-11H,12-13H2,1-2H3. The summed E-state index contributed by atoms with van der Waals surface area (Å²) in [6.07, 6.45) is 0. The van der Waals surface area contributed by atoms with Gasteiger partial charge >= 0.3 is 0 Å². The molecule has 2 aromatic carbocycles. The first kappa shape index (κ1) is 18.4. The summed E-state index contributed by atoms with van der Waals surface area (Å²) in [6, 6.07) is 15.4. The number of benzene rings is 2. The fourth-order valence-electron chi connectivity index (χ4n) is 2.13. The molecule has 7 heteroatoms. The van der Waals surface area contributed by atoms with Gasteiger partial charge in [-0.05, 0) is 29.8 Å². The molecule has 0 saturated heterocycles. The highest BCUT2D eigenvalue weighted by molar-refractivity contribution is 7.89. The number of nitrogens with zero attached hydrogens (tertiary/aromatic N) is 2. The zero-order valence-electron chi connectivity index (χ0n) is 13.5. The zero-order chi connectivity index (χ0) is 17.7. The number of sulfonamides is 1. The van der Waals surface area contributed by atoms with Crippen LogP contribution in [0.3, 0.4) is 0 Å². The summed E-state index contributed by atoms with van der Waals surface area (Å²) in [5, 5.41) is 0.454. The van der Waals surface area contributed by atoms with E-state index in [4.69, 9.17) is 11.6 Å². The van der Waals surface area contributed by atoms with E-state index < -0.39 is 10.0 Å². The van der Waals surface area contributed by atoms with Crippen LogP contribution in [0.1, 0.15) is 5.56 Å². The Hall–Kier alpha value is -1.89. The van der Waals surface area contributed by atoms with E-state index in [2.05, 4.69) is 0 Å². The van der Waals surface area contributed by atoms with Crippen molar-refractivity contribution < 1.29 is 13.2 Å². The van der Waals surface area contributed by atoms with Crippen LogP contribution in [0.25, 0.3) is 0 Å². The number of likely N-dealkylation sites (N-methyl/N-ethyl adjacent to an activating group) is 2. The van der Waals surface area contributed by atoms with Crippen molar-refractivity contribution >= 4 is 27.5 Å². The van der Waals surface area contributed by atoms with E-state index in [0.717, 1.165) is 9.87 Å². The zero-order valence-corrected chi connectivity index (χ0v) is 15.1. The molecule has 0 fully saturated rings. The minimum atomic E-state index is -3.73. The third kappa shape index (κ3) is 4.56. The molecule has 0 saturated carbocycles. The molecule has 0 aliphatic carbocycles. The first-order valence-electron chi connectivity index (χ1n) is 7.30. The minimum absolute atomic E-state index is 0.105. The molecule has 0 aromatic heterocycles. The summed E-state index contributed by atoms with van der Waals surface area (Å²) < 4.78 is 26.0. The maximum Gasteiger partial charge on any atom is 0.243 e. The van der Waals surface area contributed by atoms with Crippen molar-refractivity contribution in [3.63, 3.8) is 0 Å². The van der Waals surface area contributed by atoms with Gasteiger partial charge in [0.15, 0.2) is 0 Å². The summed E-state index contributed by atoms with van der Waals surface area (Å²) in [4.78, 5) is 13.9. The summed E-state index contributed by atoms with van der Waals surface area (Å²) in [5.74, 6) is -0.279. The topological polar surface area (TPSA) is 57.7 Å². The Balaban J connectivity index is 2.03. The number of carbonyl (C=O) groups is 1. The van der Waals surface area contributed by atoms with Crippen LogP contribution in [0, 0.1) is 0 Å². The monoisotopic (exact) mass is 366 g/mol. The van der Waals surface area contributed by atoms with Gasteiger partial charge in [-0.1, -0.05) is 41.9 Å². The van der Waals surface area contributed by atoms with E-state index in [1.165, 1.54) is 36.2 Å². The molecule has 0 aliphatic rings. The predicted molar refractivity (Wildman–Crippen MR) is 94.2 cm³/mol. The summed E-state index contributed by atoms with van der Waals surface area (Å²) in [6.45, 7) is 0.197. The van der Waals surface area contributed by atoms with Crippen LogP contribution >= 0.6 is 11.6 Å². The van der Waals surface area contributed by atoms with Crippen LogP contribution in [0.2, 0.25) is 5.02 Å². The molecule has 0 heterocycles. The van der Waals surface area contributed by atoms with Crippen LogP contribution in [0.15, 0.2) is 59.5 Å². The maximum absolute atomic E-state index is 12.5. The molecule has 0 bridgehead atoms. The van der Waals surface area contributed by atoms with E-state index in [1.54, 1.807) is 7.05 Å². The van der Waals surface area contributed by atoms with Crippen molar-refractivity contribution in [1.29, 1.82) is 0 Å². The van der Waals surface area contributed by atoms with Gasteiger partial charge in [0.05, 0.1) is 11.4 Å². The van der Waals surface area contributed by atoms with Gasteiger partial charge in [-0.3, -0.25) is 4.79 Å². The molecule has 24 heavy (non-hydrogen) atoms. The number of carbonyl (C=O) groups excluding carboxylic acids is 1. The van der Waals surface area contributed by atoms with Gasteiger partial charge in [-0.2, -0.15) is 4.31 Å². The van der Waals surface area contributed by atoms with Crippen molar-refractivity contribution in [1.82, 2.24) is 9.21 Å². The number of halogens is 1. The average Bonchev–Trinajstić information content (AvgIpc) is 2.56. The molecule has 5 nitrogen and oxygen atoms in total. The van der Waals surface area contributed by atoms with Crippen molar-refractivity contribution in [2.75, 3.05) is 20.6 Å². The molecule has 0 radical (unpaired) electrons. The Bertz CT molecular complexity index is 792. The SMILES string of the molecule is CN(Cc1ccccc1)C(=O)CN(C)S(=O)(=O)c1ccc(Cl)cc1. The fraction of sp³-hybridized carbons (Fsp3) is 0.235. The highest BCUT2D eigenvalue weighted by Gasteiger charge is 2.24. The largest absolute Gasteiger partial charge is 0.340 e. The molecule has 1 amide bonds. The molecule has 0 spiro atoms. The first-order valence-corrected chi connectivity index (χ1v) is 9.12. The Labute approximate surface area is 147 Å². The van der Waals surface area contributed by atoms with Gasteiger partial charge in [0.25, 0.3) is 0 Å². The lowest BCUT2D eigenvalue weighted by Gasteiger charge is -2.22. The van der Waals surface area contributed by atoms with Gasteiger partial charge in [0.1, 0.15) is 0 Å². The Morgan fingerprint density at radius 3 is 2.17 bits per heavy atom. The highest BCUT2D eigenvalue weighted by atomic mass is 35.5. The molecule has 0 unspecified atom stereocenters. The number of hydrogen-bond donors (Lipinski definition) is 0. The number of hydrogen-bond acceptors (Lipinski definition) is 3. The van der Waals surface area contributed by atoms with E-state index in [-0.39, 0.29) is 17.3 Å². The quantitative estimate of drug-likeness (QED) is 0.789. The maximum atomic E-state index is 12.5. The van der Waals surface area contributed by atoms with Crippen molar-refractivity contribution in [3.05, 3.63) is 65.2 Å². The van der Waals surface area contributed by atoms with E-state index in [9.17, 15) is 13.2 Å². The Morgan fingerprint density at radius 2 is 1.58 bits per heavy atom. The lowest BCUT2D eigenvalue weighted by molar-refractivity contribution is -0.130. The number of rotatable bonds is 6. The van der Waals surface area contributed by atoms with Crippen molar-refractivity contribution in [2.45, 2.75) is 11.4 Å². The van der Waals surface area contributed by atoms with Crippen molar-refractivity contribution in [3.8, 4) is 0 Å². The molecule has 0 atom stereocenters. The molecule has 2 rings (SSSR count). The fourth-order valence-corrected chi connectivity index (χ4v) is 3.37. The molecule has 0 aliphatic heterocycles. The second kappa shape index (κ2) is 7.79. The predicted octanol–water partition coefficient (Wildman–Crippen LogP) is 2.62. The van der Waals surface area contributed by atoms with Gasteiger partial charge in [0.2, 0.25) is 15.9 Å². The molecule has 2 aromatic rings. The smallest absolute Gasteiger partial charge is 0.243 e. The van der Waals surface area contributed by atoms with Crippen LogP contribution in [0.4, 0.5) is 0 Å². The molecular weight excluding hydrogens is 348 g/mol. The second-order valence-corrected chi connectivity index (χ2v) is 7.93. The van der Waals surface area contributed by atoms with Crippen LogP contribution < -0.4 is 0 Å².